The summed E-state index contributed by atoms with van der Waals surface area (Å²) in [7, 11) is 1.12. The minimum atomic E-state index is -4.72. The average molecular weight is 1090 g/mol. The standard InChI is InChI=1S/C67H111N2O7P/c1-7-10-13-16-19-22-25-27-29-31-32-33-34-35-36-38-40-42-45-48-51-54-57-60-67(71)76-65(58-55-52-49-46-43-24-21-18-15-12-9-3)64(63-75-77(72,73)74-62-61-69(4,5)6)68-66(70)59-56-53-50-47-44-41-39-37-30-28-26-23-20-17-14-11-8-2/h10-11,13-14,17,19-20,22-23,26-30,32-33,35-37,39,41,44,55,58,64-65H,7-9,12,15-16,18,21,24-25,31,34,38,40,42-43,45-54,56-57,59-63H2,1-6H3,(H-,68,70,72,73)/b13-10-,14-11-,20-17+,22-19-,26-23+,29-27-,30-28-,33-32-,36-35-,39-37+,44-41+,58-55-. The zero-order chi connectivity index (χ0) is 56.4. The number of unbranched alkanes of at least 4 members (excludes halogenated alkanes) is 19. The van der Waals surface area contributed by atoms with Crippen LogP contribution in [0.5, 0.6) is 0 Å². The van der Waals surface area contributed by atoms with Crippen molar-refractivity contribution in [3.05, 3.63) is 146 Å². The van der Waals surface area contributed by atoms with Gasteiger partial charge in [-0.2, -0.15) is 0 Å². The van der Waals surface area contributed by atoms with Crippen LogP contribution in [-0.2, 0) is 27.9 Å². The Balaban J connectivity index is 5.33. The first-order valence-electron chi connectivity index (χ1n) is 30.2. The summed E-state index contributed by atoms with van der Waals surface area (Å²) in [4.78, 5) is 39.9. The van der Waals surface area contributed by atoms with Gasteiger partial charge in [-0.15, -0.1) is 0 Å². The second-order valence-electron chi connectivity index (χ2n) is 20.9. The Bertz CT molecular complexity index is 1830. The fourth-order valence-electron chi connectivity index (χ4n) is 7.81. The number of carbonyl (C=O) groups excluding carboxylic acids is 2. The van der Waals surface area contributed by atoms with Crippen molar-refractivity contribution in [2.75, 3.05) is 40.9 Å². The summed E-state index contributed by atoms with van der Waals surface area (Å²) >= 11 is 0. The number of likely N-dealkylation sites (N-methyl/N-ethyl adjacent to an activating group) is 1. The smallest absolute Gasteiger partial charge is 0.306 e. The first-order chi connectivity index (χ1) is 37.4. The topological polar surface area (TPSA) is 114 Å². The maximum Gasteiger partial charge on any atom is 0.306 e. The first-order valence-corrected chi connectivity index (χ1v) is 31.7. The molecule has 3 atom stereocenters. The van der Waals surface area contributed by atoms with Gasteiger partial charge in [-0.25, -0.2) is 0 Å². The third-order valence-electron chi connectivity index (χ3n) is 12.4. The maximum absolute atomic E-state index is 13.5. The highest BCUT2D eigenvalue weighted by molar-refractivity contribution is 7.45. The van der Waals surface area contributed by atoms with E-state index in [1.165, 1.54) is 64.2 Å². The van der Waals surface area contributed by atoms with Gasteiger partial charge in [0, 0.05) is 12.8 Å². The van der Waals surface area contributed by atoms with Gasteiger partial charge in [0.2, 0.25) is 5.91 Å². The molecule has 0 spiro atoms. The Morgan fingerprint density at radius 1 is 0.481 bits per heavy atom. The Morgan fingerprint density at radius 2 is 0.896 bits per heavy atom. The molecule has 0 aromatic carbocycles. The van der Waals surface area contributed by atoms with Gasteiger partial charge in [0.15, 0.2) is 0 Å². The van der Waals surface area contributed by atoms with Crippen LogP contribution in [0.15, 0.2) is 146 Å². The number of phosphoric acid groups is 1. The van der Waals surface area contributed by atoms with Crippen LogP contribution >= 0.6 is 7.82 Å². The molecule has 0 heterocycles. The molecule has 0 saturated carbocycles. The predicted molar refractivity (Wildman–Crippen MR) is 329 cm³/mol. The van der Waals surface area contributed by atoms with Gasteiger partial charge in [0.25, 0.3) is 7.82 Å². The lowest BCUT2D eigenvalue weighted by Crippen LogP contribution is -2.47. The largest absolute Gasteiger partial charge is 0.756 e. The van der Waals surface area contributed by atoms with Crippen molar-refractivity contribution in [1.29, 1.82) is 0 Å². The van der Waals surface area contributed by atoms with Crippen LogP contribution in [0.25, 0.3) is 0 Å². The van der Waals surface area contributed by atoms with Gasteiger partial charge in [-0.1, -0.05) is 250 Å². The SMILES string of the molecule is CC\C=C/C=C/C=C/C=C\C=C\C=C\CCCCCC(=O)NC(COP(=O)([O-])OCC[N+](C)(C)C)C(/C=C\CCCCCCCCCCC)OC(=O)CCCCCCCCC/C=C\C/C=C\C/C=C\C/C=C\C/C=C\CC. The molecule has 3 unspecified atom stereocenters. The maximum atomic E-state index is 13.5. The van der Waals surface area contributed by atoms with E-state index in [1.54, 1.807) is 0 Å². The molecular formula is C67H111N2O7P. The summed E-state index contributed by atoms with van der Waals surface area (Å²) in [5, 5.41) is 2.99. The van der Waals surface area contributed by atoms with Gasteiger partial charge in [0.1, 0.15) is 19.3 Å². The monoisotopic (exact) mass is 1090 g/mol. The van der Waals surface area contributed by atoms with Gasteiger partial charge in [-0.3, -0.25) is 14.2 Å². The van der Waals surface area contributed by atoms with E-state index >= 15 is 0 Å². The third kappa shape index (κ3) is 56.4. The minimum absolute atomic E-state index is 0.0424. The summed E-state index contributed by atoms with van der Waals surface area (Å²) in [6.45, 7) is 6.50. The van der Waals surface area contributed by atoms with E-state index < -0.39 is 26.6 Å². The number of nitrogens with one attached hydrogen (secondary N) is 1. The van der Waals surface area contributed by atoms with E-state index in [-0.39, 0.29) is 31.3 Å². The number of amides is 1. The van der Waals surface area contributed by atoms with E-state index in [9.17, 15) is 19.0 Å². The molecule has 436 valence electrons. The van der Waals surface area contributed by atoms with Crippen molar-refractivity contribution in [3.8, 4) is 0 Å². The Hall–Kier alpha value is -4.11. The number of quaternary nitrogens is 1. The van der Waals surface area contributed by atoms with E-state index in [0.717, 1.165) is 103 Å². The number of hydrogen-bond donors (Lipinski definition) is 1. The number of ether oxygens (including phenoxy) is 1. The molecule has 0 aliphatic carbocycles. The molecule has 0 fully saturated rings. The molecule has 0 aromatic heterocycles. The summed E-state index contributed by atoms with van der Waals surface area (Å²) in [6, 6.07) is -0.927. The second kappa shape index (κ2) is 55.2. The number of nitrogens with zero attached hydrogens (tertiary/aromatic N) is 1. The summed E-state index contributed by atoms with van der Waals surface area (Å²) in [5.41, 5.74) is 0. The van der Waals surface area contributed by atoms with Crippen LogP contribution in [0, 0.1) is 0 Å². The lowest BCUT2D eigenvalue weighted by atomic mass is 10.1. The van der Waals surface area contributed by atoms with Crippen LogP contribution < -0.4 is 10.2 Å². The predicted octanol–water partition coefficient (Wildman–Crippen LogP) is 18.0. The molecule has 77 heavy (non-hydrogen) atoms. The fraction of sp³-hybridized carbons (Fsp3) is 0.612. The molecule has 0 radical (unpaired) electrons. The molecular weight excluding hydrogens is 976 g/mol. The van der Waals surface area contributed by atoms with E-state index in [1.807, 2.05) is 94.1 Å². The molecule has 0 aromatic rings. The van der Waals surface area contributed by atoms with Crippen LogP contribution in [-0.4, -0.2) is 69.4 Å². The molecule has 1 N–H and O–H groups in total. The van der Waals surface area contributed by atoms with E-state index in [4.69, 9.17) is 13.8 Å². The molecule has 9 nitrogen and oxygen atoms in total. The van der Waals surface area contributed by atoms with Crippen molar-refractivity contribution in [1.82, 2.24) is 5.32 Å². The van der Waals surface area contributed by atoms with Gasteiger partial charge in [0.05, 0.1) is 33.8 Å². The molecule has 1 amide bonds. The Morgan fingerprint density at radius 3 is 1.42 bits per heavy atom. The molecule has 10 heteroatoms. The molecule has 0 rings (SSSR count). The highest BCUT2D eigenvalue weighted by Gasteiger charge is 2.27. The number of hydrogen-bond acceptors (Lipinski definition) is 7. The zero-order valence-electron chi connectivity index (χ0n) is 49.6. The Labute approximate surface area is 472 Å². The highest BCUT2D eigenvalue weighted by Crippen LogP contribution is 2.38. The normalized spacial score (nSPS) is 14.7. The summed E-state index contributed by atoms with van der Waals surface area (Å²) in [5.74, 6) is -0.619. The number of carbonyl (C=O) groups is 2. The Kier molecular flexibility index (Phi) is 52.3. The van der Waals surface area contributed by atoms with Crippen LogP contribution in [0.3, 0.4) is 0 Å². The number of phosphoric ester groups is 1. The molecule has 0 saturated heterocycles. The second-order valence-corrected chi connectivity index (χ2v) is 22.3. The van der Waals surface area contributed by atoms with E-state index in [0.29, 0.717) is 23.9 Å². The van der Waals surface area contributed by atoms with Gasteiger partial charge in [-0.05, 0) is 96.0 Å². The number of rotatable bonds is 52. The van der Waals surface area contributed by atoms with Crippen LogP contribution in [0.2, 0.25) is 0 Å². The lowest BCUT2D eigenvalue weighted by molar-refractivity contribution is -0.870. The third-order valence-corrected chi connectivity index (χ3v) is 13.4. The van der Waals surface area contributed by atoms with Crippen LogP contribution in [0.1, 0.15) is 213 Å². The van der Waals surface area contributed by atoms with Crippen molar-refractivity contribution >= 4 is 19.7 Å². The highest BCUT2D eigenvalue weighted by atomic mass is 31.2. The van der Waals surface area contributed by atoms with Crippen LogP contribution in [0.4, 0.5) is 0 Å². The van der Waals surface area contributed by atoms with Crippen molar-refractivity contribution in [3.63, 3.8) is 0 Å². The molecule has 0 bridgehead atoms. The average Bonchev–Trinajstić information content (AvgIpc) is 3.39. The molecule has 0 aliphatic rings. The molecule has 0 aliphatic heterocycles. The van der Waals surface area contributed by atoms with Gasteiger partial charge >= 0.3 is 5.97 Å². The van der Waals surface area contributed by atoms with Crippen molar-refractivity contribution in [2.24, 2.45) is 0 Å². The quantitative estimate of drug-likeness (QED) is 0.0161. The van der Waals surface area contributed by atoms with Crippen molar-refractivity contribution < 1.29 is 37.3 Å². The minimum Gasteiger partial charge on any atom is -0.756 e. The number of esters is 1. The zero-order valence-corrected chi connectivity index (χ0v) is 50.5. The van der Waals surface area contributed by atoms with Crippen molar-refractivity contribution in [2.45, 2.75) is 226 Å². The van der Waals surface area contributed by atoms with E-state index in [2.05, 4.69) is 99.0 Å². The fourth-order valence-corrected chi connectivity index (χ4v) is 8.54. The summed E-state index contributed by atoms with van der Waals surface area (Å²) in [6.07, 6.45) is 79.6. The lowest BCUT2D eigenvalue weighted by Gasteiger charge is -2.30. The first kappa shape index (κ1) is 72.9. The summed E-state index contributed by atoms with van der Waals surface area (Å²) < 4.78 is 30.2. The number of allylic oxidation sites excluding steroid dienone is 23. The van der Waals surface area contributed by atoms with Gasteiger partial charge < -0.3 is 28.5 Å².